The number of nitrogens with zero attached hydrogens (tertiary/aromatic N) is 1. The van der Waals surface area contributed by atoms with Gasteiger partial charge in [0.15, 0.2) is 0 Å². The molecule has 0 fully saturated rings. The minimum absolute atomic E-state index is 0.203. The molecule has 3 rings (SSSR count). The first-order valence-corrected chi connectivity index (χ1v) is 8.75. The number of aryl methyl sites for hydroxylation is 3. The van der Waals surface area contributed by atoms with Crippen LogP contribution in [0.4, 0.5) is 4.39 Å². The van der Waals surface area contributed by atoms with E-state index in [9.17, 15) is 4.39 Å². The van der Waals surface area contributed by atoms with Crippen LogP contribution in [0, 0.1) is 26.6 Å². The molecule has 0 amide bonds. The van der Waals surface area contributed by atoms with E-state index in [1.165, 1.54) is 6.07 Å². The van der Waals surface area contributed by atoms with Gasteiger partial charge in [0, 0.05) is 29.5 Å². The number of H-pyrrole nitrogens is 1. The van der Waals surface area contributed by atoms with Crippen LogP contribution in [0.2, 0.25) is 0 Å². The van der Waals surface area contributed by atoms with Crippen LogP contribution in [0.3, 0.4) is 0 Å². The summed E-state index contributed by atoms with van der Waals surface area (Å²) >= 11 is 0. The SMILES string of the molecule is C=C(/C=C/c1ccc(C)cn1)NCCc1c(C)[nH]c2c(F)ccc(C)c12. The molecule has 0 atom stereocenters. The third-order valence-electron chi connectivity index (χ3n) is 4.55. The first-order valence-electron chi connectivity index (χ1n) is 8.75. The second-order valence-corrected chi connectivity index (χ2v) is 6.64. The van der Waals surface area contributed by atoms with E-state index in [4.69, 9.17) is 0 Å². The number of rotatable bonds is 6. The molecule has 4 heteroatoms. The monoisotopic (exact) mass is 349 g/mol. The maximum absolute atomic E-state index is 14.0. The highest BCUT2D eigenvalue weighted by molar-refractivity contribution is 5.88. The van der Waals surface area contributed by atoms with Crippen LogP contribution in [0.5, 0.6) is 0 Å². The van der Waals surface area contributed by atoms with E-state index in [0.29, 0.717) is 5.52 Å². The Morgan fingerprint density at radius 3 is 2.77 bits per heavy atom. The second-order valence-electron chi connectivity index (χ2n) is 6.64. The molecule has 0 spiro atoms. The molecule has 0 aliphatic heterocycles. The summed E-state index contributed by atoms with van der Waals surface area (Å²) in [7, 11) is 0. The van der Waals surface area contributed by atoms with Crippen molar-refractivity contribution in [3.63, 3.8) is 0 Å². The standard InChI is InChI=1S/C22H24FN3/c1-14-5-8-18(25-13-14)9-7-16(3)24-12-11-19-17(4)26-22-20(23)10-6-15(2)21(19)22/h5-10,13,24,26H,3,11-12H2,1-2,4H3/b9-7+. The lowest BCUT2D eigenvalue weighted by Gasteiger charge is -2.07. The minimum atomic E-state index is -0.203. The van der Waals surface area contributed by atoms with Crippen molar-refractivity contribution in [3.8, 4) is 0 Å². The van der Waals surface area contributed by atoms with E-state index in [2.05, 4.69) is 21.9 Å². The smallest absolute Gasteiger partial charge is 0.147 e. The molecule has 0 saturated heterocycles. The highest BCUT2D eigenvalue weighted by Crippen LogP contribution is 2.27. The number of benzene rings is 1. The fourth-order valence-corrected chi connectivity index (χ4v) is 3.13. The predicted molar refractivity (Wildman–Crippen MR) is 107 cm³/mol. The first-order chi connectivity index (χ1) is 12.5. The second kappa shape index (κ2) is 7.56. The summed E-state index contributed by atoms with van der Waals surface area (Å²) < 4.78 is 14.0. The van der Waals surface area contributed by atoms with Crippen LogP contribution in [-0.4, -0.2) is 16.5 Å². The van der Waals surface area contributed by atoms with Gasteiger partial charge in [-0.25, -0.2) is 4.39 Å². The van der Waals surface area contributed by atoms with Crippen LogP contribution >= 0.6 is 0 Å². The summed E-state index contributed by atoms with van der Waals surface area (Å²) in [6, 6.07) is 7.36. The van der Waals surface area contributed by atoms with E-state index in [0.717, 1.165) is 52.1 Å². The zero-order valence-electron chi connectivity index (χ0n) is 15.5. The molecule has 0 unspecified atom stereocenters. The number of hydrogen-bond donors (Lipinski definition) is 2. The van der Waals surface area contributed by atoms with Crippen molar-refractivity contribution in [1.29, 1.82) is 0 Å². The lowest BCUT2D eigenvalue weighted by molar-refractivity contribution is 0.637. The molecule has 0 bridgehead atoms. The van der Waals surface area contributed by atoms with E-state index >= 15 is 0 Å². The Kier molecular flexibility index (Phi) is 5.21. The van der Waals surface area contributed by atoms with Crippen LogP contribution in [0.1, 0.15) is 28.1 Å². The molecule has 26 heavy (non-hydrogen) atoms. The molecule has 0 aliphatic carbocycles. The fourth-order valence-electron chi connectivity index (χ4n) is 3.13. The Morgan fingerprint density at radius 2 is 2.04 bits per heavy atom. The van der Waals surface area contributed by atoms with Crippen LogP contribution in [-0.2, 0) is 6.42 Å². The summed E-state index contributed by atoms with van der Waals surface area (Å²) in [6.45, 7) is 10.8. The maximum atomic E-state index is 14.0. The van der Waals surface area contributed by atoms with E-state index in [1.807, 2.05) is 57.3 Å². The number of halogens is 1. The van der Waals surface area contributed by atoms with Gasteiger partial charge in [-0.3, -0.25) is 4.98 Å². The first kappa shape index (κ1) is 17.9. The number of aromatic nitrogens is 2. The quantitative estimate of drug-likeness (QED) is 0.616. The van der Waals surface area contributed by atoms with Gasteiger partial charge >= 0.3 is 0 Å². The molecule has 0 saturated carbocycles. The zero-order valence-corrected chi connectivity index (χ0v) is 15.5. The predicted octanol–water partition coefficient (Wildman–Crippen LogP) is 4.99. The summed E-state index contributed by atoms with van der Waals surface area (Å²) in [5.74, 6) is -0.203. The third kappa shape index (κ3) is 3.85. The van der Waals surface area contributed by atoms with Gasteiger partial charge in [0.2, 0.25) is 0 Å². The molecule has 2 N–H and O–H groups in total. The Bertz CT molecular complexity index is 965. The Hall–Kier alpha value is -2.88. The van der Waals surface area contributed by atoms with Crippen LogP contribution < -0.4 is 5.32 Å². The minimum Gasteiger partial charge on any atom is -0.385 e. The highest BCUT2D eigenvalue weighted by Gasteiger charge is 2.13. The van der Waals surface area contributed by atoms with Gasteiger partial charge in [0.25, 0.3) is 0 Å². The number of hydrogen-bond acceptors (Lipinski definition) is 2. The molecule has 3 nitrogen and oxygen atoms in total. The molecule has 134 valence electrons. The van der Waals surface area contributed by atoms with E-state index < -0.39 is 0 Å². The van der Waals surface area contributed by atoms with Crippen molar-refractivity contribution in [1.82, 2.24) is 15.3 Å². The lowest BCUT2D eigenvalue weighted by atomic mass is 10.0. The van der Waals surface area contributed by atoms with Crippen molar-refractivity contribution < 1.29 is 4.39 Å². The number of pyridine rings is 1. The third-order valence-corrected chi connectivity index (χ3v) is 4.55. The van der Waals surface area contributed by atoms with Crippen LogP contribution in [0.15, 0.2) is 48.8 Å². The maximum Gasteiger partial charge on any atom is 0.147 e. The molecule has 3 aromatic rings. The topological polar surface area (TPSA) is 40.7 Å². The zero-order chi connectivity index (χ0) is 18.7. The average molecular weight is 349 g/mol. The van der Waals surface area contributed by atoms with Crippen LogP contribution in [0.25, 0.3) is 17.0 Å². The number of aromatic amines is 1. The van der Waals surface area contributed by atoms with Crippen molar-refractivity contribution >= 4 is 17.0 Å². The van der Waals surface area contributed by atoms with Gasteiger partial charge in [0.05, 0.1) is 11.2 Å². The fraction of sp³-hybridized carbons (Fsp3) is 0.227. The Morgan fingerprint density at radius 1 is 1.23 bits per heavy atom. The molecule has 0 aliphatic rings. The molecular weight excluding hydrogens is 325 g/mol. The molecule has 0 radical (unpaired) electrons. The van der Waals surface area contributed by atoms with Crippen molar-refractivity contribution in [2.45, 2.75) is 27.2 Å². The molecule has 2 heterocycles. The van der Waals surface area contributed by atoms with Crippen molar-refractivity contribution in [2.75, 3.05) is 6.54 Å². The van der Waals surface area contributed by atoms with Gasteiger partial charge in [-0.05, 0) is 68.2 Å². The highest BCUT2D eigenvalue weighted by atomic mass is 19.1. The average Bonchev–Trinajstić information content (AvgIpc) is 2.96. The summed E-state index contributed by atoms with van der Waals surface area (Å²) in [5.41, 5.74) is 6.72. The summed E-state index contributed by atoms with van der Waals surface area (Å²) in [5, 5.41) is 4.31. The Balaban J connectivity index is 1.64. The lowest BCUT2D eigenvalue weighted by Crippen LogP contribution is -2.15. The van der Waals surface area contributed by atoms with E-state index in [-0.39, 0.29) is 5.82 Å². The van der Waals surface area contributed by atoms with Gasteiger partial charge in [-0.1, -0.05) is 18.7 Å². The van der Waals surface area contributed by atoms with Crippen molar-refractivity contribution in [3.05, 3.63) is 82.7 Å². The molecular formula is C22H24FN3. The number of allylic oxidation sites excluding steroid dienone is 1. The normalized spacial score (nSPS) is 11.4. The largest absolute Gasteiger partial charge is 0.385 e. The summed E-state index contributed by atoms with van der Waals surface area (Å²) in [4.78, 5) is 7.52. The van der Waals surface area contributed by atoms with Crippen molar-refractivity contribution in [2.24, 2.45) is 0 Å². The number of nitrogens with one attached hydrogen (secondary N) is 2. The Labute approximate surface area is 153 Å². The van der Waals surface area contributed by atoms with Gasteiger partial charge < -0.3 is 10.3 Å². The van der Waals surface area contributed by atoms with Gasteiger partial charge in [-0.15, -0.1) is 0 Å². The van der Waals surface area contributed by atoms with Gasteiger partial charge in [-0.2, -0.15) is 0 Å². The van der Waals surface area contributed by atoms with Gasteiger partial charge in [0.1, 0.15) is 5.82 Å². The molecule has 2 aromatic heterocycles. The molecule has 1 aromatic carbocycles. The number of fused-ring (bicyclic) bond motifs is 1. The van der Waals surface area contributed by atoms with E-state index in [1.54, 1.807) is 0 Å². The summed E-state index contributed by atoms with van der Waals surface area (Å²) in [6.07, 6.45) is 6.50.